The molecule has 1 aromatic rings. The van der Waals surface area contributed by atoms with E-state index in [4.69, 9.17) is 15.2 Å². The fourth-order valence-electron chi connectivity index (χ4n) is 1.33. The molecule has 0 fully saturated rings. The number of nitrogens with two attached hydrogens (primary N) is 1. The first kappa shape index (κ1) is 10.9. The Morgan fingerprint density at radius 2 is 1.57 bits per heavy atom. The smallest absolute Gasteiger partial charge is 0.127 e. The van der Waals surface area contributed by atoms with Crippen molar-refractivity contribution in [2.24, 2.45) is 5.73 Å². The van der Waals surface area contributed by atoms with Crippen molar-refractivity contribution in [3.05, 3.63) is 23.8 Å². The van der Waals surface area contributed by atoms with Crippen LogP contribution in [0, 0.1) is 0 Å². The van der Waals surface area contributed by atoms with Crippen molar-refractivity contribution in [3.8, 4) is 11.5 Å². The van der Waals surface area contributed by atoms with Gasteiger partial charge in [0.05, 0.1) is 13.2 Å². The van der Waals surface area contributed by atoms with Gasteiger partial charge in [0.1, 0.15) is 11.5 Å². The van der Waals surface area contributed by atoms with Gasteiger partial charge in [-0.25, -0.2) is 0 Å². The Kier molecular flexibility index (Phi) is 4.26. The predicted molar refractivity (Wildman–Crippen MR) is 56.7 cm³/mol. The Labute approximate surface area is 84.8 Å². The summed E-state index contributed by atoms with van der Waals surface area (Å²) in [6.45, 7) is 5.62. The van der Waals surface area contributed by atoms with Crippen LogP contribution in [0.15, 0.2) is 18.2 Å². The van der Waals surface area contributed by atoms with Gasteiger partial charge in [-0.15, -0.1) is 0 Å². The summed E-state index contributed by atoms with van der Waals surface area (Å²) in [5, 5.41) is 0. The fraction of sp³-hybridized carbons (Fsp3) is 0.455. The third-order valence-corrected chi connectivity index (χ3v) is 1.89. The maximum Gasteiger partial charge on any atom is 0.127 e. The predicted octanol–water partition coefficient (Wildman–Crippen LogP) is 1.94. The first-order valence-electron chi connectivity index (χ1n) is 4.91. The summed E-state index contributed by atoms with van der Waals surface area (Å²) in [6.07, 6.45) is 0. The average Bonchev–Trinajstić information content (AvgIpc) is 2.19. The van der Waals surface area contributed by atoms with Crippen molar-refractivity contribution >= 4 is 0 Å². The molecule has 0 unspecified atom stereocenters. The van der Waals surface area contributed by atoms with E-state index in [0.717, 1.165) is 17.1 Å². The lowest BCUT2D eigenvalue weighted by Gasteiger charge is -2.13. The second-order valence-electron chi connectivity index (χ2n) is 2.80. The van der Waals surface area contributed by atoms with E-state index in [1.165, 1.54) is 0 Å². The molecule has 0 aliphatic carbocycles. The summed E-state index contributed by atoms with van der Waals surface area (Å²) in [5.41, 5.74) is 6.59. The van der Waals surface area contributed by atoms with Crippen LogP contribution in [-0.2, 0) is 6.54 Å². The molecule has 0 radical (unpaired) electrons. The van der Waals surface area contributed by atoms with Crippen molar-refractivity contribution in [2.75, 3.05) is 13.2 Å². The van der Waals surface area contributed by atoms with Crippen LogP contribution in [0.3, 0.4) is 0 Å². The highest BCUT2D eigenvalue weighted by Crippen LogP contribution is 2.27. The van der Waals surface area contributed by atoms with Gasteiger partial charge in [0.25, 0.3) is 0 Å². The zero-order valence-corrected chi connectivity index (χ0v) is 8.75. The molecule has 0 amide bonds. The van der Waals surface area contributed by atoms with Crippen molar-refractivity contribution in [2.45, 2.75) is 20.4 Å². The van der Waals surface area contributed by atoms with Crippen LogP contribution in [0.1, 0.15) is 19.4 Å². The highest BCUT2D eigenvalue weighted by molar-refractivity contribution is 5.44. The van der Waals surface area contributed by atoms with Crippen LogP contribution in [0.2, 0.25) is 0 Å². The highest BCUT2D eigenvalue weighted by Gasteiger charge is 2.07. The van der Waals surface area contributed by atoms with E-state index in [9.17, 15) is 0 Å². The van der Waals surface area contributed by atoms with Crippen LogP contribution in [0.25, 0.3) is 0 Å². The van der Waals surface area contributed by atoms with E-state index in [-0.39, 0.29) is 0 Å². The van der Waals surface area contributed by atoms with Crippen LogP contribution < -0.4 is 15.2 Å². The van der Waals surface area contributed by atoms with Gasteiger partial charge >= 0.3 is 0 Å². The van der Waals surface area contributed by atoms with Crippen LogP contribution in [-0.4, -0.2) is 13.2 Å². The van der Waals surface area contributed by atoms with E-state index in [0.29, 0.717) is 19.8 Å². The first-order valence-corrected chi connectivity index (χ1v) is 4.91. The minimum absolute atomic E-state index is 0.436. The lowest BCUT2D eigenvalue weighted by Crippen LogP contribution is -2.05. The molecule has 0 bridgehead atoms. The molecule has 0 atom stereocenters. The molecule has 78 valence electrons. The summed E-state index contributed by atoms with van der Waals surface area (Å²) < 4.78 is 10.9. The minimum Gasteiger partial charge on any atom is -0.493 e. The number of rotatable bonds is 5. The number of ether oxygens (including phenoxy) is 2. The second kappa shape index (κ2) is 5.50. The number of benzene rings is 1. The monoisotopic (exact) mass is 195 g/mol. The van der Waals surface area contributed by atoms with Gasteiger partial charge in [0.2, 0.25) is 0 Å². The van der Waals surface area contributed by atoms with Crippen molar-refractivity contribution < 1.29 is 9.47 Å². The standard InChI is InChI=1S/C11H17NO2/c1-3-13-10-6-5-7-11(14-4-2)9(10)8-12/h5-7H,3-4,8,12H2,1-2H3. The molecule has 0 saturated carbocycles. The molecule has 1 aromatic carbocycles. The molecule has 0 aliphatic rings. The van der Waals surface area contributed by atoms with E-state index < -0.39 is 0 Å². The molecule has 0 aromatic heterocycles. The zero-order valence-electron chi connectivity index (χ0n) is 8.75. The molecular weight excluding hydrogens is 178 g/mol. The highest BCUT2D eigenvalue weighted by atomic mass is 16.5. The molecular formula is C11H17NO2. The van der Waals surface area contributed by atoms with E-state index in [2.05, 4.69) is 0 Å². The summed E-state index contributed by atoms with van der Waals surface area (Å²) in [7, 11) is 0. The fourth-order valence-corrected chi connectivity index (χ4v) is 1.33. The molecule has 0 heterocycles. The normalized spacial score (nSPS) is 9.93. The van der Waals surface area contributed by atoms with Crippen LogP contribution in [0.4, 0.5) is 0 Å². The van der Waals surface area contributed by atoms with Crippen molar-refractivity contribution in [1.29, 1.82) is 0 Å². The van der Waals surface area contributed by atoms with Gasteiger partial charge in [0, 0.05) is 12.1 Å². The Balaban J connectivity index is 2.98. The Hall–Kier alpha value is -1.22. The summed E-state index contributed by atoms with van der Waals surface area (Å²) in [4.78, 5) is 0. The van der Waals surface area contributed by atoms with Crippen molar-refractivity contribution in [3.63, 3.8) is 0 Å². The molecule has 3 heteroatoms. The van der Waals surface area contributed by atoms with E-state index in [1.807, 2.05) is 32.0 Å². The molecule has 2 N–H and O–H groups in total. The van der Waals surface area contributed by atoms with Gasteiger partial charge in [-0.05, 0) is 26.0 Å². The van der Waals surface area contributed by atoms with E-state index >= 15 is 0 Å². The summed E-state index contributed by atoms with van der Waals surface area (Å²) in [6, 6.07) is 5.73. The Morgan fingerprint density at radius 1 is 1.07 bits per heavy atom. The van der Waals surface area contributed by atoms with Gasteiger partial charge in [0.15, 0.2) is 0 Å². The lowest BCUT2D eigenvalue weighted by molar-refractivity contribution is 0.316. The van der Waals surface area contributed by atoms with Crippen molar-refractivity contribution in [1.82, 2.24) is 0 Å². The summed E-state index contributed by atoms with van der Waals surface area (Å²) in [5.74, 6) is 1.64. The van der Waals surface area contributed by atoms with Gasteiger partial charge in [-0.3, -0.25) is 0 Å². The third kappa shape index (κ3) is 2.39. The number of hydrogen-bond donors (Lipinski definition) is 1. The third-order valence-electron chi connectivity index (χ3n) is 1.89. The minimum atomic E-state index is 0.436. The van der Waals surface area contributed by atoms with Gasteiger partial charge in [-0.1, -0.05) is 6.07 Å². The Morgan fingerprint density at radius 3 is 1.93 bits per heavy atom. The second-order valence-corrected chi connectivity index (χ2v) is 2.80. The van der Waals surface area contributed by atoms with Crippen LogP contribution >= 0.6 is 0 Å². The quantitative estimate of drug-likeness (QED) is 0.781. The Bertz CT molecular complexity index is 262. The first-order chi connectivity index (χ1) is 6.83. The molecule has 1 rings (SSSR count). The SMILES string of the molecule is CCOc1cccc(OCC)c1CN. The zero-order chi connectivity index (χ0) is 10.4. The molecule has 0 spiro atoms. The summed E-state index contributed by atoms with van der Waals surface area (Å²) >= 11 is 0. The molecule has 0 saturated heterocycles. The molecule has 14 heavy (non-hydrogen) atoms. The molecule has 3 nitrogen and oxygen atoms in total. The number of hydrogen-bond acceptors (Lipinski definition) is 3. The maximum absolute atomic E-state index is 5.65. The topological polar surface area (TPSA) is 44.5 Å². The van der Waals surface area contributed by atoms with E-state index in [1.54, 1.807) is 0 Å². The maximum atomic E-state index is 5.65. The lowest BCUT2D eigenvalue weighted by atomic mass is 10.2. The average molecular weight is 195 g/mol. The van der Waals surface area contributed by atoms with Gasteiger partial charge < -0.3 is 15.2 Å². The van der Waals surface area contributed by atoms with Crippen LogP contribution in [0.5, 0.6) is 11.5 Å². The van der Waals surface area contributed by atoms with Gasteiger partial charge in [-0.2, -0.15) is 0 Å². The molecule has 0 aliphatic heterocycles. The largest absolute Gasteiger partial charge is 0.493 e.